The number of nitro groups is 1. The largest absolute Gasteiger partial charge is 0.497 e. The van der Waals surface area contributed by atoms with Crippen LogP contribution < -0.4 is 24.9 Å². The Bertz CT molecular complexity index is 2090. The van der Waals surface area contributed by atoms with Crippen LogP contribution in [0, 0.1) is 10.1 Å². The van der Waals surface area contributed by atoms with Crippen molar-refractivity contribution in [3.05, 3.63) is 143 Å². The second-order valence-electron chi connectivity index (χ2n) is 9.69. The highest BCUT2D eigenvalue weighted by molar-refractivity contribution is 7.07. The molecular formula is C32H24N4O6S. The third-order valence-electron chi connectivity index (χ3n) is 6.95. The Morgan fingerprint density at radius 1 is 1.07 bits per heavy atom. The predicted molar refractivity (Wildman–Crippen MR) is 163 cm³/mol. The molecule has 0 aliphatic carbocycles. The fourth-order valence-electron chi connectivity index (χ4n) is 4.95. The number of hydrogen-bond donors (Lipinski definition) is 1. The molecule has 0 spiro atoms. The maximum atomic E-state index is 14.0. The van der Waals surface area contributed by atoms with Gasteiger partial charge in [0.05, 0.1) is 33.9 Å². The molecule has 1 N–H and O–H groups in total. The van der Waals surface area contributed by atoms with Crippen LogP contribution >= 0.6 is 11.3 Å². The molecule has 0 unspecified atom stereocenters. The summed E-state index contributed by atoms with van der Waals surface area (Å²) in [7, 11) is 1.56. The number of carbonyl (C=O) groups is 1. The molecule has 0 radical (unpaired) electrons. The van der Waals surface area contributed by atoms with Crippen LogP contribution in [0.25, 0.3) is 17.4 Å². The van der Waals surface area contributed by atoms with Crippen LogP contribution in [-0.2, 0) is 4.79 Å². The van der Waals surface area contributed by atoms with Gasteiger partial charge in [0, 0.05) is 29.5 Å². The molecule has 0 saturated carbocycles. The Labute approximate surface area is 248 Å². The number of hydrogen-bond acceptors (Lipinski definition) is 8. The Morgan fingerprint density at radius 3 is 2.63 bits per heavy atom. The zero-order valence-electron chi connectivity index (χ0n) is 23.0. The fraction of sp³-hybridized carbons (Fsp3) is 0.0938. The molecule has 43 heavy (non-hydrogen) atoms. The van der Waals surface area contributed by atoms with Crippen LogP contribution in [-0.4, -0.2) is 22.5 Å². The Balaban J connectivity index is 1.45. The number of amides is 1. The molecule has 1 atom stereocenters. The number of carbonyl (C=O) groups excluding carboxylic acids is 1. The van der Waals surface area contributed by atoms with E-state index in [0.717, 1.165) is 0 Å². The third-order valence-corrected chi connectivity index (χ3v) is 7.93. The number of fused-ring (bicyclic) bond motifs is 1. The maximum Gasteiger partial charge on any atom is 0.271 e. The van der Waals surface area contributed by atoms with Crippen LogP contribution in [0.4, 0.5) is 11.4 Å². The minimum atomic E-state index is -0.769. The molecule has 11 heteroatoms. The van der Waals surface area contributed by atoms with E-state index in [9.17, 15) is 19.7 Å². The number of aromatic nitrogens is 1. The number of para-hydroxylation sites is 1. The molecule has 0 saturated heterocycles. The number of benzene rings is 3. The number of rotatable bonds is 7. The lowest BCUT2D eigenvalue weighted by molar-refractivity contribution is -0.384. The Kier molecular flexibility index (Phi) is 7.31. The van der Waals surface area contributed by atoms with E-state index >= 15 is 0 Å². The van der Waals surface area contributed by atoms with E-state index in [1.54, 1.807) is 68.6 Å². The van der Waals surface area contributed by atoms with Gasteiger partial charge in [-0.2, -0.15) is 0 Å². The molecule has 10 nitrogen and oxygen atoms in total. The molecular weight excluding hydrogens is 568 g/mol. The quantitative estimate of drug-likeness (QED) is 0.208. The number of thiazole rings is 1. The van der Waals surface area contributed by atoms with Gasteiger partial charge in [0.25, 0.3) is 17.2 Å². The van der Waals surface area contributed by atoms with Crippen molar-refractivity contribution in [2.45, 2.75) is 13.0 Å². The van der Waals surface area contributed by atoms with Crippen molar-refractivity contribution in [2.75, 3.05) is 12.4 Å². The monoisotopic (exact) mass is 592 g/mol. The van der Waals surface area contributed by atoms with Crippen LogP contribution in [0.2, 0.25) is 0 Å². The van der Waals surface area contributed by atoms with Crippen LogP contribution in [0.3, 0.4) is 0 Å². The number of anilines is 1. The van der Waals surface area contributed by atoms with Crippen molar-refractivity contribution in [1.82, 2.24) is 4.57 Å². The summed E-state index contributed by atoms with van der Waals surface area (Å²) in [5.74, 6) is 1.03. The molecule has 2 aromatic heterocycles. The van der Waals surface area contributed by atoms with Crippen molar-refractivity contribution in [1.29, 1.82) is 0 Å². The van der Waals surface area contributed by atoms with E-state index in [0.29, 0.717) is 54.7 Å². The highest BCUT2D eigenvalue weighted by Crippen LogP contribution is 2.32. The lowest BCUT2D eigenvalue weighted by atomic mass is 9.95. The second kappa shape index (κ2) is 11.4. The predicted octanol–water partition coefficient (Wildman–Crippen LogP) is 5.05. The lowest BCUT2D eigenvalue weighted by Crippen LogP contribution is -2.40. The topological polar surface area (TPSA) is 129 Å². The van der Waals surface area contributed by atoms with Crippen LogP contribution in [0.5, 0.6) is 5.75 Å². The van der Waals surface area contributed by atoms with Crippen molar-refractivity contribution >= 4 is 34.7 Å². The summed E-state index contributed by atoms with van der Waals surface area (Å²) in [5.41, 5.74) is 2.27. The summed E-state index contributed by atoms with van der Waals surface area (Å²) < 4.78 is 13.3. The van der Waals surface area contributed by atoms with Gasteiger partial charge in [0.1, 0.15) is 17.3 Å². The van der Waals surface area contributed by atoms with Crippen LogP contribution in [0.15, 0.2) is 116 Å². The molecule has 214 valence electrons. The van der Waals surface area contributed by atoms with E-state index in [2.05, 4.69) is 10.3 Å². The third kappa shape index (κ3) is 5.41. The summed E-state index contributed by atoms with van der Waals surface area (Å²) in [6.45, 7) is 1.75. The molecule has 5 aromatic rings. The number of nitrogens with zero attached hydrogens (tertiary/aromatic N) is 3. The maximum absolute atomic E-state index is 14.0. The molecule has 1 aliphatic rings. The number of nitro benzene ring substituents is 1. The summed E-state index contributed by atoms with van der Waals surface area (Å²) in [6.07, 6.45) is 1.61. The van der Waals surface area contributed by atoms with E-state index in [1.165, 1.54) is 28.0 Å². The molecule has 1 amide bonds. The first kappa shape index (κ1) is 27.6. The smallest absolute Gasteiger partial charge is 0.271 e. The minimum absolute atomic E-state index is 0.0521. The number of non-ortho nitro benzene ring substituents is 1. The van der Waals surface area contributed by atoms with Gasteiger partial charge in [-0.3, -0.25) is 24.3 Å². The fourth-order valence-corrected chi connectivity index (χ4v) is 5.97. The van der Waals surface area contributed by atoms with Gasteiger partial charge in [-0.15, -0.1) is 0 Å². The van der Waals surface area contributed by atoms with Gasteiger partial charge in [-0.25, -0.2) is 4.99 Å². The van der Waals surface area contributed by atoms with Gasteiger partial charge in [0.2, 0.25) is 0 Å². The summed E-state index contributed by atoms with van der Waals surface area (Å²) >= 11 is 1.18. The van der Waals surface area contributed by atoms with Gasteiger partial charge in [0.15, 0.2) is 4.80 Å². The van der Waals surface area contributed by atoms with Gasteiger partial charge in [-0.1, -0.05) is 53.8 Å². The number of nitrogens with one attached hydrogen (secondary N) is 1. The van der Waals surface area contributed by atoms with Gasteiger partial charge in [-0.05, 0) is 48.9 Å². The zero-order valence-corrected chi connectivity index (χ0v) is 23.8. The highest BCUT2D eigenvalue weighted by Gasteiger charge is 2.33. The zero-order chi connectivity index (χ0) is 30.1. The second-order valence-corrected chi connectivity index (χ2v) is 10.7. The molecule has 3 aromatic carbocycles. The van der Waals surface area contributed by atoms with E-state index in [1.807, 2.05) is 30.3 Å². The van der Waals surface area contributed by atoms with Crippen molar-refractivity contribution in [3.63, 3.8) is 0 Å². The number of ether oxygens (including phenoxy) is 1. The number of furan rings is 1. The first-order valence-electron chi connectivity index (χ1n) is 13.2. The Morgan fingerprint density at radius 2 is 1.86 bits per heavy atom. The van der Waals surface area contributed by atoms with Crippen LogP contribution in [0.1, 0.15) is 24.3 Å². The Hall–Kier alpha value is -5.55. The first-order valence-corrected chi connectivity index (χ1v) is 14.0. The summed E-state index contributed by atoms with van der Waals surface area (Å²) in [6, 6.07) is 25.1. The summed E-state index contributed by atoms with van der Waals surface area (Å²) in [4.78, 5) is 43.5. The van der Waals surface area contributed by atoms with E-state index < -0.39 is 11.0 Å². The van der Waals surface area contributed by atoms with Gasteiger partial charge < -0.3 is 14.5 Å². The van der Waals surface area contributed by atoms with Crippen molar-refractivity contribution < 1.29 is 18.9 Å². The normalized spacial score (nSPS) is 14.7. The summed E-state index contributed by atoms with van der Waals surface area (Å²) in [5, 5.41) is 14.1. The van der Waals surface area contributed by atoms with E-state index in [-0.39, 0.29) is 17.2 Å². The lowest BCUT2D eigenvalue weighted by Gasteiger charge is -2.25. The average Bonchev–Trinajstić information content (AvgIpc) is 3.61. The molecule has 0 bridgehead atoms. The van der Waals surface area contributed by atoms with Gasteiger partial charge >= 0.3 is 0 Å². The molecule has 0 fully saturated rings. The molecule has 1 aliphatic heterocycles. The molecule has 3 heterocycles. The first-order chi connectivity index (χ1) is 20.8. The van der Waals surface area contributed by atoms with Crippen molar-refractivity contribution in [3.8, 4) is 17.1 Å². The van der Waals surface area contributed by atoms with Crippen molar-refractivity contribution in [2.24, 2.45) is 4.99 Å². The average molecular weight is 593 g/mol. The minimum Gasteiger partial charge on any atom is -0.497 e. The number of methoxy groups -OCH3 is 1. The number of allylic oxidation sites excluding steroid dienone is 1. The molecule has 6 rings (SSSR count). The van der Waals surface area contributed by atoms with E-state index in [4.69, 9.17) is 9.15 Å². The standard InChI is InChI=1S/C32H24N4O6S/c1-19-28(30(37)34-22-10-4-3-5-11-22)29(21-9-7-13-24(17-21)41-2)35-31(38)27(43-32(35)33-19)18-25-14-15-26(42-25)20-8-6-12-23(16-20)36(39)40/h3-18,29H,1-2H3,(H,34,37)/b27-18-/t29-/m1/s1. The highest BCUT2D eigenvalue weighted by atomic mass is 32.1. The SMILES string of the molecule is COc1cccc([C@@H]2C(C(=O)Nc3ccccc3)=C(C)N=c3s/c(=C\c4ccc(-c5cccc([N+](=O)[O-])c5)o4)c(=O)n32)c1.